The van der Waals surface area contributed by atoms with Crippen molar-refractivity contribution in [3.63, 3.8) is 0 Å². The summed E-state index contributed by atoms with van der Waals surface area (Å²) in [6, 6.07) is 8.99. The van der Waals surface area contributed by atoms with Gasteiger partial charge in [-0.2, -0.15) is 0 Å². The largest absolute Gasteiger partial charge is 0.444 e. The number of carbonyl (C=O) groups excluding carboxylic acids is 4. The highest BCUT2D eigenvalue weighted by Gasteiger charge is 2.41. The number of nitrogens with one attached hydrogen (secondary N) is 3. The molecule has 0 radical (unpaired) electrons. The number of amides is 4. The van der Waals surface area contributed by atoms with E-state index in [1.165, 1.54) is 17.3 Å². The van der Waals surface area contributed by atoms with E-state index in [2.05, 4.69) is 20.9 Å². The van der Waals surface area contributed by atoms with Crippen LogP contribution in [0.25, 0.3) is 0 Å². The van der Waals surface area contributed by atoms with Crippen molar-refractivity contribution in [1.29, 1.82) is 0 Å². The topological polar surface area (TPSA) is 130 Å². The molecule has 3 atom stereocenters. The zero-order chi connectivity index (χ0) is 30.4. The maximum Gasteiger partial charge on any atom is 0.408 e. The molecule has 0 saturated carbocycles. The van der Waals surface area contributed by atoms with Crippen molar-refractivity contribution in [2.24, 2.45) is 0 Å². The molecule has 3 rings (SSSR count). The Morgan fingerprint density at radius 3 is 2.39 bits per heavy atom. The van der Waals surface area contributed by atoms with Crippen molar-refractivity contribution < 1.29 is 23.9 Å². The lowest BCUT2D eigenvalue weighted by Gasteiger charge is -2.32. The SMILES string of the molecule is C[C@H](NC(=O)C(C)(C)NC(=O)[C@@H]1CCCN1C(=O)[C@H](Cc1cnccc1Cl)NC(=O)OC(C)(C)C)c1ccccc1. The van der Waals surface area contributed by atoms with Crippen molar-refractivity contribution in [2.45, 2.75) is 90.1 Å². The summed E-state index contributed by atoms with van der Waals surface area (Å²) in [5, 5.41) is 8.82. The summed E-state index contributed by atoms with van der Waals surface area (Å²) < 4.78 is 5.39. The van der Waals surface area contributed by atoms with Crippen LogP contribution in [-0.2, 0) is 25.5 Å². The molecule has 3 N–H and O–H groups in total. The van der Waals surface area contributed by atoms with Gasteiger partial charge in [0.1, 0.15) is 23.2 Å². The summed E-state index contributed by atoms with van der Waals surface area (Å²) in [4.78, 5) is 58.6. The Kier molecular flexibility index (Phi) is 10.4. The molecule has 2 aromatic rings. The molecule has 41 heavy (non-hydrogen) atoms. The number of nitrogens with zero attached hydrogens (tertiary/aromatic N) is 2. The maximum absolute atomic E-state index is 13.8. The second-order valence-corrected chi connectivity index (χ2v) is 12.2. The molecular formula is C30H40ClN5O5. The van der Waals surface area contributed by atoms with Crippen molar-refractivity contribution in [3.8, 4) is 0 Å². The quantitative estimate of drug-likeness (QED) is 0.409. The number of carbonyl (C=O) groups is 4. The molecule has 0 bridgehead atoms. The van der Waals surface area contributed by atoms with Gasteiger partial charge in [-0.25, -0.2) is 4.79 Å². The Morgan fingerprint density at radius 1 is 1.07 bits per heavy atom. The third kappa shape index (κ3) is 8.91. The van der Waals surface area contributed by atoms with E-state index in [-0.39, 0.29) is 18.4 Å². The number of hydrogen-bond donors (Lipinski definition) is 3. The summed E-state index contributed by atoms with van der Waals surface area (Å²) in [6.07, 6.45) is 3.37. The first-order valence-corrected chi connectivity index (χ1v) is 14.1. The molecule has 1 fully saturated rings. The van der Waals surface area contributed by atoms with Gasteiger partial charge in [-0.1, -0.05) is 41.9 Å². The van der Waals surface area contributed by atoms with Crippen LogP contribution in [0, 0.1) is 0 Å². The van der Waals surface area contributed by atoms with Gasteiger partial charge in [0.2, 0.25) is 17.7 Å². The number of aromatic nitrogens is 1. The van der Waals surface area contributed by atoms with Crippen LogP contribution < -0.4 is 16.0 Å². The zero-order valence-electron chi connectivity index (χ0n) is 24.5. The highest BCUT2D eigenvalue weighted by molar-refractivity contribution is 6.31. The lowest BCUT2D eigenvalue weighted by molar-refractivity contribution is -0.141. The second-order valence-electron chi connectivity index (χ2n) is 11.8. The lowest BCUT2D eigenvalue weighted by Crippen LogP contribution is -2.60. The molecule has 1 saturated heterocycles. The summed E-state index contributed by atoms with van der Waals surface area (Å²) in [6.45, 7) is 10.6. The summed E-state index contributed by atoms with van der Waals surface area (Å²) in [5.41, 5.74) is -0.513. The van der Waals surface area contributed by atoms with Gasteiger partial charge in [0.05, 0.1) is 6.04 Å². The fourth-order valence-electron chi connectivity index (χ4n) is 4.58. The minimum atomic E-state index is -1.24. The third-order valence-corrected chi connectivity index (χ3v) is 7.11. The fraction of sp³-hybridized carbons (Fsp3) is 0.500. The Balaban J connectivity index is 1.74. The van der Waals surface area contributed by atoms with E-state index < -0.39 is 41.1 Å². The average molecular weight is 586 g/mol. The van der Waals surface area contributed by atoms with E-state index in [0.29, 0.717) is 30.0 Å². The third-order valence-electron chi connectivity index (χ3n) is 6.75. The lowest BCUT2D eigenvalue weighted by atomic mass is 10.0. The summed E-state index contributed by atoms with van der Waals surface area (Å²) >= 11 is 6.32. The van der Waals surface area contributed by atoms with Gasteiger partial charge in [-0.3, -0.25) is 19.4 Å². The molecule has 10 nitrogen and oxygen atoms in total. The Hall–Kier alpha value is -3.66. The van der Waals surface area contributed by atoms with E-state index in [9.17, 15) is 19.2 Å². The van der Waals surface area contributed by atoms with Crippen LogP contribution in [0.15, 0.2) is 48.8 Å². The number of hydrogen-bond acceptors (Lipinski definition) is 6. The fourth-order valence-corrected chi connectivity index (χ4v) is 4.77. The molecule has 2 heterocycles. The molecule has 0 aliphatic carbocycles. The van der Waals surface area contributed by atoms with E-state index in [0.717, 1.165) is 5.56 Å². The summed E-state index contributed by atoms with van der Waals surface area (Å²) in [7, 11) is 0. The summed E-state index contributed by atoms with van der Waals surface area (Å²) in [5.74, 6) is -1.25. The van der Waals surface area contributed by atoms with Gasteiger partial charge in [-0.05, 0) is 71.6 Å². The Bertz CT molecular complexity index is 1250. The van der Waals surface area contributed by atoms with Gasteiger partial charge in [0, 0.05) is 30.4 Å². The second kappa shape index (κ2) is 13.3. The average Bonchev–Trinajstić information content (AvgIpc) is 3.38. The van der Waals surface area contributed by atoms with Crippen LogP contribution in [0.1, 0.15) is 71.6 Å². The molecule has 1 aromatic heterocycles. The van der Waals surface area contributed by atoms with Crippen LogP contribution in [0.2, 0.25) is 5.02 Å². The number of rotatable bonds is 9. The van der Waals surface area contributed by atoms with Gasteiger partial charge >= 0.3 is 6.09 Å². The number of pyridine rings is 1. The van der Waals surface area contributed by atoms with Crippen LogP contribution in [0.5, 0.6) is 0 Å². The molecule has 1 aliphatic heterocycles. The monoisotopic (exact) mass is 585 g/mol. The van der Waals surface area contributed by atoms with Gasteiger partial charge < -0.3 is 25.6 Å². The highest BCUT2D eigenvalue weighted by Crippen LogP contribution is 2.23. The predicted octanol–water partition coefficient (Wildman–Crippen LogP) is 3.93. The first-order valence-electron chi connectivity index (χ1n) is 13.7. The van der Waals surface area contributed by atoms with Crippen molar-refractivity contribution in [2.75, 3.05) is 6.54 Å². The first-order chi connectivity index (χ1) is 19.2. The van der Waals surface area contributed by atoms with Gasteiger partial charge in [-0.15, -0.1) is 0 Å². The van der Waals surface area contributed by atoms with Crippen LogP contribution in [0.4, 0.5) is 4.79 Å². The number of likely N-dealkylation sites (tertiary alicyclic amines) is 1. The van der Waals surface area contributed by atoms with Gasteiger partial charge in [0.25, 0.3) is 0 Å². The number of benzene rings is 1. The molecule has 0 unspecified atom stereocenters. The van der Waals surface area contributed by atoms with E-state index >= 15 is 0 Å². The predicted molar refractivity (Wildman–Crippen MR) is 156 cm³/mol. The van der Waals surface area contributed by atoms with Crippen molar-refractivity contribution in [3.05, 3.63) is 64.9 Å². The minimum absolute atomic E-state index is 0.0564. The van der Waals surface area contributed by atoms with E-state index in [4.69, 9.17) is 16.3 Å². The molecule has 1 aromatic carbocycles. The van der Waals surface area contributed by atoms with Gasteiger partial charge in [0.15, 0.2) is 0 Å². The molecular weight excluding hydrogens is 546 g/mol. The number of halogens is 1. The maximum atomic E-state index is 13.8. The molecule has 222 valence electrons. The van der Waals surface area contributed by atoms with Crippen LogP contribution >= 0.6 is 11.6 Å². The Morgan fingerprint density at radius 2 is 1.76 bits per heavy atom. The minimum Gasteiger partial charge on any atom is -0.444 e. The first kappa shape index (κ1) is 31.9. The standard InChI is InChI=1S/C30H40ClN5O5/c1-19(20-11-8-7-9-12-20)33-27(39)30(5,6)35-25(37)24-13-10-16-36(24)26(38)23(34-28(40)41-29(2,3)4)17-21-18-32-15-14-22(21)31/h7-9,11-12,14-15,18-19,23-24H,10,13,16-17H2,1-6H3,(H,33,39)(H,34,40)(H,35,37)/t19-,23-,24-/m0/s1. The Labute approximate surface area is 246 Å². The number of ether oxygens (including phenoxy) is 1. The molecule has 1 aliphatic rings. The molecule has 11 heteroatoms. The van der Waals surface area contributed by atoms with Crippen LogP contribution in [-0.4, -0.2) is 63.5 Å². The van der Waals surface area contributed by atoms with Crippen molar-refractivity contribution in [1.82, 2.24) is 25.8 Å². The number of alkyl carbamates (subject to hydrolysis) is 1. The smallest absolute Gasteiger partial charge is 0.408 e. The van der Waals surface area contributed by atoms with E-state index in [1.807, 2.05) is 37.3 Å². The van der Waals surface area contributed by atoms with Crippen molar-refractivity contribution >= 4 is 35.4 Å². The molecule has 0 spiro atoms. The zero-order valence-corrected chi connectivity index (χ0v) is 25.2. The normalized spacial score (nSPS) is 16.9. The van der Waals surface area contributed by atoms with E-state index in [1.54, 1.807) is 40.7 Å². The highest BCUT2D eigenvalue weighted by atomic mass is 35.5. The molecule has 4 amide bonds. The van der Waals surface area contributed by atoms with Crippen LogP contribution in [0.3, 0.4) is 0 Å².